The Morgan fingerprint density at radius 3 is 2.79 bits per heavy atom. The first-order valence-electron chi connectivity index (χ1n) is 6.56. The monoisotopic (exact) mass is 279 g/mol. The van der Waals surface area contributed by atoms with Gasteiger partial charge in [-0.3, -0.25) is 0 Å². The van der Waals surface area contributed by atoms with Crippen molar-refractivity contribution in [2.45, 2.75) is 25.7 Å². The molecular formula is C14H18ClN3O. The molecule has 19 heavy (non-hydrogen) atoms. The van der Waals surface area contributed by atoms with E-state index in [0.29, 0.717) is 5.02 Å². The average molecular weight is 280 g/mol. The summed E-state index contributed by atoms with van der Waals surface area (Å²) in [5.41, 5.74) is 0.891. The van der Waals surface area contributed by atoms with Crippen molar-refractivity contribution in [3.63, 3.8) is 0 Å². The molecule has 1 aromatic heterocycles. The molecule has 2 rings (SSSR count). The first-order valence-corrected chi connectivity index (χ1v) is 6.94. The molecule has 102 valence electrons. The number of aromatic nitrogens is 2. The standard InChI is InChI=1S/C14H18ClN3O/c15-11-5-6-13-12(9-11)14(18-10-17-13)16-7-3-1-2-4-8-19/h5-6,9-10,19H,1-4,7-8H2,(H,16,17,18). The van der Waals surface area contributed by atoms with Crippen molar-refractivity contribution in [3.05, 3.63) is 29.5 Å². The third-order valence-electron chi connectivity index (χ3n) is 2.97. The Hall–Kier alpha value is -1.39. The predicted octanol–water partition coefficient (Wildman–Crippen LogP) is 3.25. The van der Waals surface area contributed by atoms with Crippen LogP contribution in [0.25, 0.3) is 10.9 Å². The molecule has 0 aliphatic heterocycles. The Balaban J connectivity index is 1.95. The van der Waals surface area contributed by atoms with Crippen LogP contribution in [-0.4, -0.2) is 28.2 Å². The third-order valence-corrected chi connectivity index (χ3v) is 3.21. The van der Waals surface area contributed by atoms with Gasteiger partial charge in [0, 0.05) is 23.6 Å². The molecule has 0 saturated heterocycles. The molecule has 0 aliphatic rings. The van der Waals surface area contributed by atoms with E-state index in [1.165, 1.54) is 0 Å². The van der Waals surface area contributed by atoms with E-state index < -0.39 is 0 Å². The normalized spacial score (nSPS) is 10.8. The van der Waals surface area contributed by atoms with Crippen molar-refractivity contribution in [3.8, 4) is 0 Å². The second-order valence-corrected chi connectivity index (χ2v) is 4.88. The Labute approximate surface area is 117 Å². The van der Waals surface area contributed by atoms with Crippen LogP contribution in [0, 0.1) is 0 Å². The van der Waals surface area contributed by atoms with Crippen LogP contribution in [0.5, 0.6) is 0 Å². The van der Waals surface area contributed by atoms with Crippen molar-refractivity contribution in [2.24, 2.45) is 0 Å². The quantitative estimate of drug-likeness (QED) is 0.764. The van der Waals surface area contributed by atoms with Gasteiger partial charge in [0.05, 0.1) is 5.52 Å². The second-order valence-electron chi connectivity index (χ2n) is 4.45. The van der Waals surface area contributed by atoms with Gasteiger partial charge in [0.25, 0.3) is 0 Å². The van der Waals surface area contributed by atoms with Gasteiger partial charge >= 0.3 is 0 Å². The molecule has 5 heteroatoms. The number of rotatable bonds is 7. The maximum Gasteiger partial charge on any atom is 0.137 e. The number of unbranched alkanes of at least 4 members (excludes halogenated alkanes) is 3. The highest BCUT2D eigenvalue weighted by Gasteiger charge is 2.03. The van der Waals surface area contributed by atoms with Crippen LogP contribution < -0.4 is 5.32 Å². The number of benzene rings is 1. The summed E-state index contributed by atoms with van der Waals surface area (Å²) in [6.45, 7) is 1.15. The van der Waals surface area contributed by atoms with Gasteiger partial charge in [0.15, 0.2) is 0 Å². The van der Waals surface area contributed by atoms with Gasteiger partial charge in [-0.25, -0.2) is 9.97 Å². The smallest absolute Gasteiger partial charge is 0.137 e. The zero-order valence-corrected chi connectivity index (χ0v) is 11.5. The van der Waals surface area contributed by atoms with Crippen LogP contribution in [0.2, 0.25) is 5.02 Å². The van der Waals surface area contributed by atoms with E-state index in [4.69, 9.17) is 16.7 Å². The Morgan fingerprint density at radius 1 is 1.11 bits per heavy atom. The van der Waals surface area contributed by atoms with E-state index in [1.807, 2.05) is 18.2 Å². The van der Waals surface area contributed by atoms with Gasteiger partial charge in [-0.05, 0) is 31.0 Å². The SMILES string of the molecule is OCCCCCCNc1ncnc2ccc(Cl)cc12. The van der Waals surface area contributed by atoms with E-state index >= 15 is 0 Å². The number of hydrogen-bond donors (Lipinski definition) is 2. The summed E-state index contributed by atoms with van der Waals surface area (Å²) in [7, 11) is 0. The maximum atomic E-state index is 8.70. The number of hydrogen-bond acceptors (Lipinski definition) is 4. The van der Waals surface area contributed by atoms with Crippen molar-refractivity contribution in [2.75, 3.05) is 18.5 Å². The van der Waals surface area contributed by atoms with Crippen molar-refractivity contribution >= 4 is 28.3 Å². The zero-order chi connectivity index (χ0) is 13.5. The van der Waals surface area contributed by atoms with E-state index in [1.54, 1.807) is 6.33 Å². The number of nitrogens with zero attached hydrogens (tertiary/aromatic N) is 2. The highest BCUT2D eigenvalue weighted by atomic mass is 35.5. The van der Waals surface area contributed by atoms with Crippen molar-refractivity contribution in [1.82, 2.24) is 9.97 Å². The van der Waals surface area contributed by atoms with E-state index in [-0.39, 0.29) is 6.61 Å². The van der Waals surface area contributed by atoms with Crippen LogP contribution in [0.3, 0.4) is 0 Å². The molecule has 2 N–H and O–H groups in total. The minimum absolute atomic E-state index is 0.280. The first kappa shape index (κ1) is 14.0. The summed E-state index contributed by atoms with van der Waals surface area (Å²) in [5, 5.41) is 13.7. The molecular weight excluding hydrogens is 262 g/mol. The van der Waals surface area contributed by atoms with Gasteiger partial charge in [0.1, 0.15) is 12.1 Å². The van der Waals surface area contributed by atoms with E-state index in [9.17, 15) is 0 Å². The lowest BCUT2D eigenvalue weighted by Gasteiger charge is -2.08. The Morgan fingerprint density at radius 2 is 1.95 bits per heavy atom. The van der Waals surface area contributed by atoms with Crippen LogP contribution in [-0.2, 0) is 0 Å². The summed E-state index contributed by atoms with van der Waals surface area (Å²) in [6.07, 6.45) is 5.67. The van der Waals surface area contributed by atoms with Crippen LogP contribution in [0.1, 0.15) is 25.7 Å². The van der Waals surface area contributed by atoms with Gasteiger partial charge in [-0.2, -0.15) is 0 Å². The fourth-order valence-electron chi connectivity index (χ4n) is 1.97. The molecule has 2 aromatic rings. The number of nitrogens with one attached hydrogen (secondary N) is 1. The van der Waals surface area contributed by atoms with Crippen molar-refractivity contribution in [1.29, 1.82) is 0 Å². The van der Waals surface area contributed by atoms with Gasteiger partial charge in [-0.1, -0.05) is 24.4 Å². The van der Waals surface area contributed by atoms with Crippen LogP contribution in [0.15, 0.2) is 24.5 Å². The summed E-state index contributed by atoms with van der Waals surface area (Å²) < 4.78 is 0. The maximum absolute atomic E-state index is 8.70. The molecule has 0 aliphatic carbocycles. The van der Waals surface area contributed by atoms with Gasteiger partial charge < -0.3 is 10.4 Å². The largest absolute Gasteiger partial charge is 0.396 e. The molecule has 0 fully saturated rings. The van der Waals surface area contributed by atoms with Gasteiger partial charge in [-0.15, -0.1) is 0 Å². The van der Waals surface area contributed by atoms with Crippen LogP contribution in [0.4, 0.5) is 5.82 Å². The summed E-state index contributed by atoms with van der Waals surface area (Å²) in [5.74, 6) is 0.828. The number of aliphatic hydroxyl groups is 1. The second kappa shape index (κ2) is 7.26. The fraction of sp³-hybridized carbons (Fsp3) is 0.429. The highest BCUT2D eigenvalue weighted by Crippen LogP contribution is 2.22. The molecule has 4 nitrogen and oxygen atoms in total. The fourth-order valence-corrected chi connectivity index (χ4v) is 2.14. The predicted molar refractivity (Wildman–Crippen MR) is 78.6 cm³/mol. The first-order chi connectivity index (χ1) is 9.31. The molecule has 0 radical (unpaired) electrons. The molecule has 0 atom stereocenters. The lowest BCUT2D eigenvalue weighted by molar-refractivity contribution is 0.283. The molecule has 0 bridgehead atoms. The third kappa shape index (κ3) is 4.04. The number of anilines is 1. The van der Waals surface area contributed by atoms with Crippen LogP contribution >= 0.6 is 11.6 Å². The van der Waals surface area contributed by atoms with E-state index in [2.05, 4.69) is 15.3 Å². The lowest BCUT2D eigenvalue weighted by atomic mass is 10.2. The summed E-state index contributed by atoms with van der Waals surface area (Å²) in [4.78, 5) is 8.48. The number of halogens is 1. The average Bonchev–Trinajstić information content (AvgIpc) is 2.43. The zero-order valence-electron chi connectivity index (χ0n) is 10.8. The molecule has 0 spiro atoms. The van der Waals surface area contributed by atoms with Gasteiger partial charge in [0.2, 0.25) is 0 Å². The van der Waals surface area contributed by atoms with Crippen molar-refractivity contribution < 1.29 is 5.11 Å². The lowest BCUT2D eigenvalue weighted by Crippen LogP contribution is -2.04. The summed E-state index contributed by atoms with van der Waals surface area (Å²) in [6, 6.07) is 5.60. The molecule has 1 aromatic carbocycles. The van der Waals surface area contributed by atoms with E-state index in [0.717, 1.165) is 48.9 Å². The minimum atomic E-state index is 0.280. The molecule has 0 unspecified atom stereocenters. The summed E-state index contributed by atoms with van der Waals surface area (Å²) >= 11 is 6.00. The molecule has 1 heterocycles. The molecule has 0 amide bonds. The highest BCUT2D eigenvalue weighted by molar-refractivity contribution is 6.31. The Bertz CT molecular complexity index is 533. The molecule has 0 saturated carbocycles. The Kier molecular flexibility index (Phi) is 5.36. The minimum Gasteiger partial charge on any atom is -0.396 e. The topological polar surface area (TPSA) is 58.0 Å². The number of fused-ring (bicyclic) bond motifs is 1. The number of aliphatic hydroxyl groups excluding tert-OH is 1.